The van der Waals surface area contributed by atoms with Gasteiger partial charge in [-0.25, -0.2) is 8.78 Å². The molecule has 1 saturated heterocycles. The topological polar surface area (TPSA) is 75.9 Å². The van der Waals surface area contributed by atoms with Gasteiger partial charge in [0, 0.05) is 18.8 Å². The Morgan fingerprint density at radius 3 is 2.87 bits per heavy atom. The van der Waals surface area contributed by atoms with E-state index in [-0.39, 0.29) is 23.3 Å². The quantitative estimate of drug-likeness (QED) is 0.697. The third-order valence-corrected chi connectivity index (χ3v) is 5.24. The number of benzene rings is 2. The Hall–Kier alpha value is -3.20. The fourth-order valence-corrected chi connectivity index (χ4v) is 3.76. The van der Waals surface area contributed by atoms with Crippen molar-refractivity contribution < 1.29 is 13.6 Å². The summed E-state index contributed by atoms with van der Waals surface area (Å²) in [5, 5.41) is 14.0. The molecule has 1 unspecified atom stereocenters. The summed E-state index contributed by atoms with van der Waals surface area (Å²) in [6, 6.07) is 10.8. The molecule has 1 fully saturated rings. The van der Waals surface area contributed by atoms with Crippen molar-refractivity contribution in [1.29, 1.82) is 0 Å². The first-order valence-corrected chi connectivity index (χ1v) is 9.82. The number of carbonyl (C=O) groups is 1. The van der Waals surface area contributed by atoms with E-state index in [1.54, 1.807) is 13.0 Å². The molecule has 2 aromatic carbocycles. The molecule has 3 aromatic rings. The van der Waals surface area contributed by atoms with E-state index >= 15 is 0 Å². The lowest BCUT2D eigenvalue weighted by Crippen LogP contribution is -2.40. The molecule has 1 aromatic heterocycles. The average Bonchev–Trinajstić information content (AvgIpc) is 3.15. The molecule has 0 spiro atoms. The van der Waals surface area contributed by atoms with E-state index in [0.29, 0.717) is 24.6 Å². The zero-order valence-corrected chi connectivity index (χ0v) is 16.6. The van der Waals surface area contributed by atoms with Crippen LogP contribution in [0.1, 0.15) is 24.2 Å². The van der Waals surface area contributed by atoms with Crippen LogP contribution in [-0.2, 0) is 11.3 Å². The lowest BCUT2D eigenvalue weighted by Gasteiger charge is -2.32. The summed E-state index contributed by atoms with van der Waals surface area (Å²) in [5.74, 6) is -0.621. The Bertz CT molecular complexity index is 1050. The number of piperidine rings is 1. The van der Waals surface area contributed by atoms with Crippen LogP contribution < -0.4 is 5.32 Å². The predicted octanol–water partition coefficient (Wildman–Crippen LogP) is 3.10. The van der Waals surface area contributed by atoms with Crippen LogP contribution in [0, 0.1) is 24.5 Å². The third-order valence-electron chi connectivity index (χ3n) is 5.24. The minimum atomic E-state index is -0.484. The van der Waals surface area contributed by atoms with Crippen LogP contribution in [-0.4, -0.2) is 44.1 Å². The van der Waals surface area contributed by atoms with Gasteiger partial charge in [-0.1, -0.05) is 12.1 Å². The van der Waals surface area contributed by atoms with Crippen LogP contribution in [0.5, 0.6) is 0 Å². The highest BCUT2D eigenvalue weighted by molar-refractivity contribution is 5.93. The van der Waals surface area contributed by atoms with Gasteiger partial charge in [0.15, 0.2) is 5.82 Å². The summed E-state index contributed by atoms with van der Waals surface area (Å²) in [5.41, 5.74) is 1.54. The largest absolute Gasteiger partial charge is 0.326 e. The summed E-state index contributed by atoms with van der Waals surface area (Å²) < 4.78 is 28.9. The number of nitrogens with one attached hydrogen (secondary N) is 1. The third kappa shape index (κ3) is 4.51. The molecule has 0 bridgehead atoms. The Morgan fingerprint density at radius 1 is 1.23 bits per heavy atom. The van der Waals surface area contributed by atoms with Gasteiger partial charge in [0.1, 0.15) is 17.3 Å². The van der Waals surface area contributed by atoms with Crippen LogP contribution in [0.2, 0.25) is 0 Å². The van der Waals surface area contributed by atoms with E-state index in [1.807, 2.05) is 6.07 Å². The second-order valence-electron chi connectivity index (χ2n) is 7.50. The minimum absolute atomic E-state index is 0.120. The average molecular weight is 412 g/mol. The van der Waals surface area contributed by atoms with E-state index in [4.69, 9.17) is 0 Å². The number of anilines is 1. The molecular formula is C21H22F2N6O. The fraction of sp³-hybridized carbons (Fsp3) is 0.333. The number of aromatic nitrogens is 4. The van der Waals surface area contributed by atoms with Crippen LogP contribution in [0.25, 0.3) is 5.69 Å². The number of carbonyl (C=O) groups excluding carboxylic acids is 1. The molecule has 1 amide bonds. The maximum atomic E-state index is 14.2. The van der Waals surface area contributed by atoms with Gasteiger partial charge in [-0.3, -0.25) is 9.69 Å². The van der Waals surface area contributed by atoms with Gasteiger partial charge in [0.2, 0.25) is 5.91 Å². The predicted molar refractivity (Wildman–Crippen MR) is 107 cm³/mol. The lowest BCUT2D eigenvalue weighted by atomic mass is 9.96. The van der Waals surface area contributed by atoms with Crippen LogP contribution in [0.3, 0.4) is 0 Å². The van der Waals surface area contributed by atoms with Crippen molar-refractivity contribution in [2.24, 2.45) is 5.92 Å². The smallest absolute Gasteiger partial charge is 0.228 e. The molecule has 156 valence electrons. The van der Waals surface area contributed by atoms with Crippen molar-refractivity contribution in [3.8, 4) is 5.69 Å². The molecule has 0 radical (unpaired) electrons. The first kappa shape index (κ1) is 20.1. The summed E-state index contributed by atoms with van der Waals surface area (Å²) in [6.45, 7) is 3.71. The maximum Gasteiger partial charge on any atom is 0.228 e. The number of rotatable bonds is 5. The van der Waals surface area contributed by atoms with E-state index in [1.165, 1.54) is 35.0 Å². The number of hydrogen-bond acceptors (Lipinski definition) is 5. The second-order valence-corrected chi connectivity index (χ2v) is 7.50. The Kier molecular flexibility index (Phi) is 5.80. The normalized spacial score (nSPS) is 17.1. The van der Waals surface area contributed by atoms with Crippen LogP contribution >= 0.6 is 0 Å². The van der Waals surface area contributed by atoms with Crippen molar-refractivity contribution >= 4 is 11.6 Å². The summed E-state index contributed by atoms with van der Waals surface area (Å²) >= 11 is 0. The van der Waals surface area contributed by atoms with E-state index in [2.05, 4.69) is 25.7 Å². The van der Waals surface area contributed by atoms with Crippen LogP contribution in [0.4, 0.5) is 14.5 Å². The SMILES string of the molecule is Cc1nnnn1-c1cc(NC(=O)C2CCCN(Cc3cccc(F)c3)C2)ccc1F. The van der Waals surface area contributed by atoms with Crippen molar-refractivity contribution in [3.63, 3.8) is 0 Å². The highest BCUT2D eigenvalue weighted by atomic mass is 19.1. The Labute approximate surface area is 172 Å². The zero-order chi connectivity index (χ0) is 21.1. The van der Waals surface area contributed by atoms with Crippen molar-refractivity contribution in [2.45, 2.75) is 26.3 Å². The van der Waals surface area contributed by atoms with Crippen molar-refractivity contribution in [3.05, 3.63) is 65.5 Å². The molecule has 9 heteroatoms. The van der Waals surface area contributed by atoms with Gasteiger partial charge in [-0.05, 0) is 72.6 Å². The van der Waals surface area contributed by atoms with Gasteiger partial charge in [-0.2, -0.15) is 4.68 Å². The number of tetrazole rings is 1. The zero-order valence-electron chi connectivity index (χ0n) is 16.6. The summed E-state index contributed by atoms with van der Waals surface area (Å²) in [4.78, 5) is 15.0. The number of amides is 1. The molecule has 2 heterocycles. The number of nitrogens with zero attached hydrogens (tertiary/aromatic N) is 5. The summed E-state index contributed by atoms with van der Waals surface area (Å²) in [7, 11) is 0. The van der Waals surface area contributed by atoms with Gasteiger partial charge in [0.05, 0.1) is 5.92 Å². The molecule has 7 nitrogen and oxygen atoms in total. The number of halogens is 2. The van der Waals surface area contributed by atoms with Crippen LogP contribution in [0.15, 0.2) is 42.5 Å². The highest BCUT2D eigenvalue weighted by Gasteiger charge is 2.26. The number of aryl methyl sites for hydroxylation is 1. The lowest BCUT2D eigenvalue weighted by molar-refractivity contribution is -0.121. The number of likely N-dealkylation sites (tertiary alicyclic amines) is 1. The van der Waals surface area contributed by atoms with Gasteiger partial charge in [-0.15, -0.1) is 5.10 Å². The molecule has 1 atom stereocenters. The molecule has 30 heavy (non-hydrogen) atoms. The van der Waals surface area contributed by atoms with Gasteiger partial charge < -0.3 is 5.32 Å². The molecular weight excluding hydrogens is 390 g/mol. The summed E-state index contributed by atoms with van der Waals surface area (Å²) in [6.07, 6.45) is 1.65. The second kappa shape index (κ2) is 8.66. The van der Waals surface area contributed by atoms with E-state index < -0.39 is 5.82 Å². The highest BCUT2D eigenvalue weighted by Crippen LogP contribution is 2.23. The molecule has 0 aliphatic carbocycles. The molecule has 1 aliphatic heterocycles. The monoisotopic (exact) mass is 412 g/mol. The molecule has 0 saturated carbocycles. The molecule has 4 rings (SSSR count). The van der Waals surface area contributed by atoms with Gasteiger partial charge >= 0.3 is 0 Å². The van der Waals surface area contributed by atoms with E-state index in [9.17, 15) is 13.6 Å². The fourth-order valence-electron chi connectivity index (χ4n) is 3.76. The van der Waals surface area contributed by atoms with Crippen molar-refractivity contribution in [1.82, 2.24) is 25.1 Å². The van der Waals surface area contributed by atoms with Gasteiger partial charge in [0.25, 0.3) is 0 Å². The first-order chi connectivity index (χ1) is 14.5. The minimum Gasteiger partial charge on any atom is -0.326 e. The Morgan fingerprint density at radius 2 is 2.10 bits per heavy atom. The first-order valence-electron chi connectivity index (χ1n) is 9.82. The Balaban J connectivity index is 1.43. The molecule has 1 N–H and O–H groups in total. The maximum absolute atomic E-state index is 14.2. The molecule has 1 aliphatic rings. The van der Waals surface area contributed by atoms with E-state index in [0.717, 1.165) is 24.9 Å². The number of hydrogen-bond donors (Lipinski definition) is 1. The van der Waals surface area contributed by atoms with Crippen molar-refractivity contribution in [2.75, 3.05) is 18.4 Å². The standard InChI is InChI=1S/C21H22F2N6O/c1-14-25-26-27-29(14)20-11-18(7-8-19(20)23)24-21(30)16-5-3-9-28(13-16)12-15-4-2-6-17(22)10-15/h2,4,6-8,10-11,16H,3,5,9,12-13H2,1H3,(H,24,30).